The summed E-state index contributed by atoms with van der Waals surface area (Å²) in [6.45, 7) is 2.99. The highest BCUT2D eigenvalue weighted by atomic mass is 16.2. The maximum Gasteiger partial charge on any atom is 0.253 e. The van der Waals surface area contributed by atoms with Crippen molar-refractivity contribution in [2.75, 3.05) is 13.6 Å². The maximum atomic E-state index is 12.5. The lowest BCUT2D eigenvalue weighted by Gasteiger charge is -2.25. The Morgan fingerprint density at radius 3 is 2.40 bits per heavy atom. The Morgan fingerprint density at radius 2 is 1.65 bits per heavy atom. The summed E-state index contributed by atoms with van der Waals surface area (Å²) in [7, 11) is 1.90. The van der Waals surface area contributed by atoms with Gasteiger partial charge < -0.3 is 4.90 Å². The number of hydrogen-bond acceptors (Lipinski definition) is 1. The minimum Gasteiger partial charge on any atom is -0.341 e. The molecule has 2 heteroatoms. The number of carbonyl (C=O) groups is 1. The molecule has 2 unspecified atom stereocenters. The van der Waals surface area contributed by atoms with Gasteiger partial charge in [0, 0.05) is 25.1 Å². The van der Waals surface area contributed by atoms with Gasteiger partial charge in [-0.2, -0.15) is 0 Å². The number of amides is 1. The van der Waals surface area contributed by atoms with Crippen LogP contribution in [0.4, 0.5) is 0 Å². The summed E-state index contributed by atoms with van der Waals surface area (Å²) < 4.78 is 0. The van der Waals surface area contributed by atoms with Gasteiger partial charge in [0.15, 0.2) is 0 Å². The first-order valence-electron chi connectivity index (χ1n) is 7.08. The number of carbonyl (C=O) groups excluding carboxylic acids is 1. The van der Waals surface area contributed by atoms with Crippen LogP contribution in [-0.2, 0) is 0 Å². The highest BCUT2D eigenvalue weighted by molar-refractivity contribution is 5.96. The second kappa shape index (κ2) is 5.12. The van der Waals surface area contributed by atoms with Gasteiger partial charge in [0.1, 0.15) is 0 Å². The predicted molar refractivity (Wildman–Crippen MR) is 81.0 cm³/mol. The molecule has 0 N–H and O–H groups in total. The number of rotatable bonds is 1. The number of fused-ring (bicyclic) bond motifs is 1. The van der Waals surface area contributed by atoms with E-state index >= 15 is 0 Å². The lowest BCUT2D eigenvalue weighted by molar-refractivity contribution is 0.0793. The fourth-order valence-corrected chi connectivity index (χ4v) is 3.14. The summed E-state index contributed by atoms with van der Waals surface area (Å²) in [4.78, 5) is 14.3. The van der Waals surface area contributed by atoms with Crippen LogP contribution >= 0.6 is 0 Å². The van der Waals surface area contributed by atoms with Gasteiger partial charge in [-0.25, -0.2) is 0 Å². The van der Waals surface area contributed by atoms with Crippen LogP contribution in [0, 0.1) is 0 Å². The molecular formula is C18H19NO. The average molecular weight is 265 g/mol. The third kappa shape index (κ3) is 2.11. The number of likely N-dealkylation sites (N-methyl/N-ethyl adjacent to an activating group) is 1. The van der Waals surface area contributed by atoms with Crippen LogP contribution in [0.15, 0.2) is 54.6 Å². The molecule has 3 rings (SSSR count). The summed E-state index contributed by atoms with van der Waals surface area (Å²) >= 11 is 0. The van der Waals surface area contributed by atoms with E-state index in [0.29, 0.717) is 11.8 Å². The zero-order chi connectivity index (χ0) is 14.1. The highest BCUT2D eigenvalue weighted by Crippen LogP contribution is 2.37. The maximum absolute atomic E-state index is 12.5. The van der Waals surface area contributed by atoms with E-state index in [0.717, 1.165) is 17.7 Å². The number of nitrogens with zero attached hydrogens (tertiary/aromatic N) is 1. The predicted octanol–water partition coefficient (Wildman–Crippen LogP) is 3.66. The molecule has 0 spiro atoms. The van der Waals surface area contributed by atoms with E-state index in [-0.39, 0.29) is 5.91 Å². The minimum absolute atomic E-state index is 0.130. The first-order valence-corrected chi connectivity index (χ1v) is 7.08. The monoisotopic (exact) mass is 265 g/mol. The molecule has 0 aromatic heterocycles. The molecule has 1 aliphatic rings. The minimum atomic E-state index is 0.130. The van der Waals surface area contributed by atoms with Crippen molar-refractivity contribution < 1.29 is 4.79 Å². The standard InChI is InChI=1S/C18H19NO/c1-13-15-10-6-7-11-16(15)18(20)19(2)12-17(13)14-8-4-3-5-9-14/h3-11,13,17H,12H2,1-2H3. The summed E-state index contributed by atoms with van der Waals surface area (Å²) in [5.41, 5.74) is 3.31. The van der Waals surface area contributed by atoms with E-state index in [4.69, 9.17) is 0 Å². The van der Waals surface area contributed by atoms with Crippen LogP contribution < -0.4 is 0 Å². The highest BCUT2D eigenvalue weighted by Gasteiger charge is 2.31. The molecule has 20 heavy (non-hydrogen) atoms. The van der Waals surface area contributed by atoms with Gasteiger partial charge in [0.05, 0.1) is 0 Å². The van der Waals surface area contributed by atoms with Crippen LogP contribution in [0.1, 0.15) is 40.2 Å². The molecule has 2 nitrogen and oxygen atoms in total. The summed E-state index contributed by atoms with van der Waals surface area (Å²) in [5, 5.41) is 0. The molecular weight excluding hydrogens is 246 g/mol. The van der Waals surface area contributed by atoms with Crippen molar-refractivity contribution in [3.63, 3.8) is 0 Å². The molecule has 0 bridgehead atoms. The summed E-state index contributed by atoms with van der Waals surface area (Å²) in [6, 6.07) is 18.5. The molecule has 1 amide bonds. The fraction of sp³-hybridized carbons (Fsp3) is 0.278. The molecule has 0 aliphatic carbocycles. The quantitative estimate of drug-likeness (QED) is 0.770. The molecule has 1 aliphatic heterocycles. The summed E-state index contributed by atoms with van der Waals surface area (Å²) in [5.74, 6) is 0.808. The Balaban J connectivity index is 2.10. The molecule has 0 saturated carbocycles. The van der Waals surface area contributed by atoms with Gasteiger partial charge in [-0.15, -0.1) is 0 Å². The lowest BCUT2D eigenvalue weighted by atomic mass is 9.82. The van der Waals surface area contributed by atoms with Crippen molar-refractivity contribution in [3.8, 4) is 0 Å². The zero-order valence-corrected chi connectivity index (χ0v) is 11.9. The van der Waals surface area contributed by atoms with Crippen molar-refractivity contribution in [2.24, 2.45) is 0 Å². The molecule has 2 aromatic carbocycles. The molecule has 1 heterocycles. The Labute approximate surface area is 120 Å². The van der Waals surface area contributed by atoms with Crippen LogP contribution in [0.5, 0.6) is 0 Å². The van der Waals surface area contributed by atoms with E-state index < -0.39 is 0 Å². The summed E-state index contributed by atoms with van der Waals surface area (Å²) in [6.07, 6.45) is 0. The normalized spacial score (nSPS) is 22.3. The zero-order valence-electron chi connectivity index (χ0n) is 11.9. The van der Waals surface area contributed by atoms with Crippen LogP contribution in [0.3, 0.4) is 0 Å². The average Bonchev–Trinajstić information content (AvgIpc) is 2.60. The van der Waals surface area contributed by atoms with Crippen LogP contribution in [0.2, 0.25) is 0 Å². The van der Waals surface area contributed by atoms with Crippen molar-refractivity contribution in [1.29, 1.82) is 0 Å². The smallest absolute Gasteiger partial charge is 0.253 e. The SMILES string of the molecule is CC1c2ccccc2C(=O)N(C)CC1c1ccccc1. The molecule has 2 atom stereocenters. The largest absolute Gasteiger partial charge is 0.341 e. The Morgan fingerprint density at radius 1 is 1.00 bits per heavy atom. The van der Waals surface area contributed by atoms with E-state index in [1.54, 1.807) is 0 Å². The lowest BCUT2D eigenvalue weighted by Crippen LogP contribution is -2.29. The first-order chi connectivity index (χ1) is 9.68. The van der Waals surface area contributed by atoms with Gasteiger partial charge in [-0.05, 0) is 23.1 Å². The van der Waals surface area contributed by atoms with E-state index in [1.165, 1.54) is 5.56 Å². The molecule has 0 fully saturated rings. The van der Waals surface area contributed by atoms with Crippen molar-refractivity contribution in [1.82, 2.24) is 4.90 Å². The van der Waals surface area contributed by atoms with E-state index in [2.05, 4.69) is 37.3 Å². The Kier molecular flexibility index (Phi) is 3.31. The van der Waals surface area contributed by atoms with Crippen LogP contribution in [0.25, 0.3) is 0 Å². The molecule has 0 saturated heterocycles. The third-order valence-electron chi connectivity index (χ3n) is 4.33. The van der Waals surface area contributed by atoms with Crippen molar-refractivity contribution in [2.45, 2.75) is 18.8 Å². The Hall–Kier alpha value is -2.09. The molecule has 102 valence electrons. The van der Waals surface area contributed by atoms with E-state index in [1.807, 2.05) is 36.2 Å². The van der Waals surface area contributed by atoms with Crippen molar-refractivity contribution >= 4 is 5.91 Å². The molecule has 0 radical (unpaired) electrons. The van der Waals surface area contributed by atoms with E-state index in [9.17, 15) is 4.79 Å². The van der Waals surface area contributed by atoms with Crippen LogP contribution in [-0.4, -0.2) is 24.4 Å². The topological polar surface area (TPSA) is 20.3 Å². The van der Waals surface area contributed by atoms with Crippen molar-refractivity contribution in [3.05, 3.63) is 71.3 Å². The van der Waals surface area contributed by atoms with Gasteiger partial charge in [0.25, 0.3) is 5.91 Å². The second-order valence-corrected chi connectivity index (χ2v) is 5.58. The molecule has 2 aromatic rings. The number of benzene rings is 2. The van der Waals surface area contributed by atoms with Gasteiger partial charge >= 0.3 is 0 Å². The Bertz CT molecular complexity index is 620. The van der Waals surface area contributed by atoms with Gasteiger partial charge in [0.2, 0.25) is 0 Å². The fourth-order valence-electron chi connectivity index (χ4n) is 3.14. The van der Waals surface area contributed by atoms with Gasteiger partial charge in [-0.1, -0.05) is 55.5 Å². The second-order valence-electron chi connectivity index (χ2n) is 5.58. The number of hydrogen-bond donors (Lipinski definition) is 0. The third-order valence-corrected chi connectivity index (χ3v) is 4.33. The van der Waals surface area contributed by atoms with Gasteiger partial charge in [-0.3, -0.25) is 4.79 Å². The first kappa shape index (κ1) is 12.9.